The summed E-state index contributed by atoms with van der Waals surface area (Å²) in [6.07, 6.45) is 6.44. The molecule has 0 N–H and O–H groups in total. The van der Waals surface area contributed by atoms with Crippen LogP contribution in [0.4, 0.5) is 0 Å². The van der Waals surface area contributed by atoms with Gasteiger partial charge in [-0.1, -0.05) is 36.1 Å². The number of carbonyl (C=O) groups excluding carboxylic acids is 1. The highest BCUT2D eigenvalue weighted by molar-refractivity contribution is 8.26. The van der Waals surface area contributed by atoms with Crippen molar-refractivity contribution in [1.82, 2.24) is 4.90 Å². The second-order valence-corrected chi connectivity index (χ2v) is 7.97. The number of hydrogen-bond acceptors (Lipinski definition) is 5. The molecule has 1 atom stereocenters. The highest BCUT2D eigenvalue weighted by atomic mass is 32.2. The van der Waals surface area contributed by atoms with E-state index in [0.717, 1.165) is 43.6 Å². The molecule has 6 heteroatoms. The maximum absolute atomic E-state index is 12.4. The average molecular weight is 361 g/mol. The maximum atomic E-state index is 12.4. The quantitative estimate of drug-likeness (QED) is 0.592. The predicted molar refractivity (Wildman–Crippen MR) is 98.9 cm³/mol. The second-order valence-electron chi connectivity index (χ2n) is 6.30. The van der Waals surface area contributed by atoms with Gasteiger partial charge < -0.3 is 9.47 Å². The SMILES string of the molecule is O=C1/C(=C/c2ccc(OCC3CCCO3)cc2)SC(=S)N1C1CC1. The fourth-order valence-electron chi connectivity index (χ4n) is 2.90. The first-order valence-electron chi connectivity index (χ1n) is 8.32. The molecule has 2 heterocycles. The first-order valence-corrected chi connectivity index (χ1v) is 9.55. The van der Waals surface area contributed by atoms with Gasteiger partial charge in [0.1, 0.15) is 16.7 Å². The van der Waals surface area contributed by atoms with Crippen LogP contribution >= 0.6 is 24.0 Å². The van der Waals surface area contributed by atoms with Crippen LogP contribution in [0.1, 0.15) is 31.2 Å². The molecule has 1 aromatic carbocycles. The van der Waals surface area contributed by atoms with E-state index in [9.17, 15) is 4.79 Å². The van der Waals surface area contributed by atoms with E-state index in [-0.39, 0.29) is 12.0 Å². The third-order valence-corrected chi connectivity index (χ3v) is 5.70. The number of benzene rings is 1. The molecular formula is C18H19NO3S2. The van der Waals surface area contributed by atoms with Crippen LogP contribution in [0.2, 0.25) is 0 Å². The van der Waals surface area contributed by atoms with Gasteiger partial charge in [-0.3, -0.25) is 9.69 Å². The molecule has 1 aliphatic carbocycles. The molecule has 3 fully saturated rings. The van der Waals surface area contributed by atoms with Gasteiger partial charge in [-0.15, -0.1) is 0 Å². The highest BCUT2D eigenvalue weighted by Crippen LogP contribution is 2.40. The van der Waals surface area contributed by atoms with Crippen molar-refractivity contribution in [3.05, 3.63) is 34.7 Å². The Morgan fingerprint density at radius 2 is 2.08 bits per heavy atom. The average Bonchev–Trinajstić information content (AvgIpc) is 3.19. The summed E-state index contributed by atoms with van der Waals surface area (Å²) in [6, 6.07) is 8.13. The third-order valence-electron chi connectivity index (χ3n) is 4.37. The predicted octanol–water partition coefficient (Wildman–Crippen LogP) is 3.61. The molecule has 1 unspecified atom stereocenters. The van der Waals surface area contributed by atoms with Gasteiger partial charge >= 0.3 is 0 Å². The number of thioether (sulfide) groups is 1. The normalized spacial score (nSPS) is 25.8. The molecule has 0 aromatic heterocycles. The van der Waals surface area contributed by atoms with E-state index >= 15 is 0 Å². The number of thiocarbonyl (C=S) groups is 1. The van der Waals surface area contributed by atoms with Crippen molar-refractivity contribution in [2.45, 2.75) is 37.8 Å². The van der Waals surface area contributed by atoms with Crippen LogP contribution in [0.15, 0.2) is 29.2 Å². The molecule has 0 bridgehead atoms. The number of amides is 1. The molecule has 1 aromatic rings. The first kappa shape index (κ1) is 16.1. The summed E-state index contributed by atoms with van der Waals surface area (Å²) in [5.41, 5.74) is 0.982. The van der Waals surface area contributed by atoms with E-state index in [2.05, 4.69) is 0 Å². The zero-order valence-corrected chi connectivity index (χ0v) is 14.9. The number of ether oxygens (including phenoxy) is 2. The van der Waals surface area contributed by atoms with Crippen LogP contribution in [0.5, 0.6) is 5.75 Å². The zero-order chi connectivity index (χ0) is 16.5. The first-order chi connectivity index (χ1) is 11.7. The Kier molecular flexibility index (Phi) is 4.61. The van der Waals surface area contributed by atoms with E-state index in [1.54, 1.807) is 4.90 Å². The van der Waals surface area contributed by atoms with Crippen molar-refractivity contribution < 1.29 is 14.3 Å². The molecule has 1 saturated carbocycles. The van der Waals surface area contributed by atoms with E-state index in [0.29, 0.717) is 21.9 Å². The second kappa shape index (κ2) is 6.86. The molecule has 4 rings (SSSR count). The van der Waals surface area contributed by atoms with E-state index < -0.39 is 0 Å². The lowest BCUT2D eigenvalue weighted by Gasteiger charge is -2.12. The zero-order valence-electron chi connectivity index (χ0n) is 13.3. The lowest BCUT2D eigenvalue weighted by Crippen LogP contribution is -2.30. The fourth-order valence-corrected chi connectivity index (χ4v) is 4.30. The number of rotatable bonds is 5. The molecule has 2 saturated heterocycles. The van der Waals surface area contributed by atoms with Crippen LogP contribution in [-0.2, 0) is 9.53 Å². The van der Waals surface area contributed by atoms with Gasteiger partial charge in [-0.2, -0.15) is 0 Å². The van der Waals surface area contributed by atoms with Gasteiger partial charge in [0.15, 0.2) is 0 Å². The van der Waals surface area contributed by atoms with Crippen LogP contribution in [-0.4, -0.2) is 40.5 Å². The van der Waals surface area contributed by atoms with Crippen molar-refractivity contribution in [3.8, 4) is 5.75 Å². The summed E-state index contributed by atoms with van der Waals surface area (Å²) < 4.78 is 12.0. The van der Waals surface area contributed by atoms with Gasteiger partial charge in [-0.05, 0) is 49.5 Å². The Morgan fingerprint density at radius 3 is 2.75 bits per heavy atom. The lowest BCUT2D eigenvalue weighted by molar-refractivity contribution is -0.122. The van der Waals surface area contributed by atoms with Gasteiger partial charge in [-0.25, -0.2) is 0 Å². The van der Waals surface area contributed by atoms with E-state index in [1.165, 1.54) is 11.8 Å². The maximum Gasteiger partial charge on any atom is 0.266 e. The van der Waals surface area contributed by atoms with Crippen LogP contribution < -0.4 is 4.74 Å². The largest absolute Gasteiger partial charge is 0.491 e. The van der Waals surface area contributed by atoms with Crippen LogP contribution in [0, 0.1) is 0 Å². The Balaban J connectivity index is 1.39. The van der Waals surface area contributed by atoms with Crippen LogP contribution in [0.25, 0.3) is 6.08 Å². The summed E-state index contributed by atoms with van der Waals surface area (Å²) in [5.74, 6) is 0.874. The van der Waals surface area contributed by atoms with Crippen molar-refractivity contribution in [2.75, 3.05) is 13.2 Å². The molecule has 3 aliphatic rings. The molecule has 0 radical (unpaired) electrons. The van der Waals surface area contributed by atoms with Crippen molar-refractivity contribution in [3.63, 3.8) is 0 Å². The van der Waals surface area contributed by atoms with Gasteiger partial charge in [0.2, 0.25) is 0 Å². The number of nitrogens with zero attached hydrogens (tertiary/aromatic N) is 1. The highest BCUT2D eigenvalue weighted by Gasteiger charge is 2.41. The van der Waals surface area contributed by atoms with Gasteiger partial charge in [0.25, 0.3) is 5.91 Å². The van der Waals surface area contributed by atoms with E-state index in [1.807, 2.05) is 30.3 Å². The standard InChI is InChI=1S/C18H19NO3S2/c20-17-16(24-18(23)19(17)13-5-6-13)10-12-3-7-14(8-4-12)22-11-15-2-1-9-21-15/h3-4,7-8,10,13,15H,1-2,5-6,9,11H2/b16-10-. The molecule has 126 valence electrons. The molecule has 0 spiro atoms. The van der Waals surface area contributed by atoms with Crippen molar-refractivity contribution in [1.29, 1.82) is 0 Å². The molecule has 4 nitrogen and oxygen atoms in total. The molecule has 24 heavy (non-hydrogen) atoms. The minimum Gasteiger partial charge on any atom is -0.491 e. The Labute approximate surface area is 151 Å². The van der Waals surface area contributed by atoms with Gasteiger partial charge in [0, 0.05) is 12.6 Å². The summed E-state index contributed by atoms with van der Waals surface area (Å²) in [5, 5.41) is 0. The summed E-state index contributed by atoms with van der Waals surface area (Å²) >= 11 is 6.73. The summed E-state index contributed by atoms with van der Waals surface area (Å²) in [4.78, 5) is 14.9. The molecule has 2 aliphatic heterocycles. The summed E-state index contributed by atoms with van der Waals surface area (Å²) in [6.45, 7) is 1.44. The van der Waals surface area contributed by atoms with Crippen LogP contribution in [0.3, 0.4) is 0 Å². The van der Waals surface area contributed by atoms with E-state index in [4.69, 9.17) is 21.7 Å². The van der Waals surface area contributed by atoms with Gasteiger partial charge in [0.05, 0.1) is 11.0 Å². The molecular weight excluding hydrogens is 342 g/mol. The number of carbonyl (C=O) groups is 1. The Hall–Kier alpha value is -1.37. The van der Waals surface area contributed by atoms with Crippen molar-refractivity contribution in [2.24, 2.45) is 0 Å². The third kappa shape index (κ3) is 3.50. The smallest absolute Gasteiger partial charge is 0.266 e. The Bertz CT molecular complexity index is 676. The van der Waals surface area contributed by atoms with Crippen molar-refractivity contribution >= 4 is 40.3 Å². The number of hydrogen-bond donors (Lipinski definition) is 0. The summed E-state index contributed by atoms with van der Waals surface area (Å²) in [7, 11) is 0. The topological polar surface area (TPSA) is 38.8 Å². The molecule has 1 amide bonds. The minimum atomic E-state index is 0.0474. The lowest BCUT2D eigenvalue weighted by atomic mass is 10.2. The minimum absolute atomic E-state index is 0.0474. The fraction of sp³-hybridized carbons (Fsp3) is 0.444. The Morgan fingerprint density at radius 1 is 1.29 bits per heavy atom. The monoisotopic (exact) mass is 361 g/mol.